The molecule has 4 heteroatoms. The molecule has 1 aromatic rings. The van der Waals surface area contributed by atoms with E-state index in [1.807, 2.05) is 4.90 Å². The van der Waals surface area contributed by atoms with Crippen LogP contribution < -0.4 is 0 Å². The average molecular weight is 297 g/mol. The number of hydrogen-bond donors (Lipinski definition) is 0. The van der Waals surface area contributed by atoms with Gasteiger partial charge in [0.2, 0.25) is 0 Å². The van der Waals surface area contributed by atoms with Gasteiger partial charge in [0.25, 0.3) is 5.91 Å². The second-order valence-electron chi connectivity index (χ2n) is 4.36. The molecule has 0 radical (unpaired) electrons. The number of hydrogen-bond acceptors (Lipinski definition) is 2. The molecule has 2 rings (SSSR count). The standard InChI is InChI=1S/C13H17BrN2O/c14-7-10-16(12-3-1-2-4-12)13(17)11-5-8-15-9-6-11/h5-6,8-9,12H,1-4,7,10H2. The normalized spacial score (nSPS) is 16.1. The summed E-state index contributed by atoms with van der Waals surface area (Å²) in [4.78, 5) is 18.4. The van der Waals surface area contributed by atoms with Gasteiger partial charge in [-0.2, -0.15) is 0 Å². The molecule has 0 aromatic carbocycles. The highest BCUT2D eigenvalue weighted by Gasteiger charge is 2.26. The number of aromatic nitrogens is 1. The highest BCUT2D eigenvalue weighted by Crippen LogP contribution is 2.24. The molecule has 0 saturated heterocycles. The number of nitrogens with zero attached hydrogens (tertiary/aromatic N) is 2. The summed E-state index contributed by atoms with van der Waals surface area (Å²) in [7, 11) is 0. The number of amides is 1. The zero-order chi connectivity index (χ0) is 12.1. The Labute approximate surface area is 110 Å². The van der Waals surface area contributed by atoms with Crippen LogP contribution in [-0.4, -0.2) is 33.7 Å². The zero-order valence-electron chi connectivity index (χ0n) is 9.81. The van der Waals surface area contributed by atoms with Gasteiger partial charge in [-0.1, -0.05) is 28.8 Å². The summed E-state index contributed by atoms with van der Waals surface area (Å²) >= 11 is 3.43. The molecular weight excluding hydrogens is 280 g/mol. The second-order valence-corrected chi connectivity index (χ2v) is 5.15. The molecule has 1 aromatic heterocycles. The van der Waals surface area contributed by atoms with Crippen molar-refractivity contribution in [3.8, 4) is 0 Å². The van der Waals surface area contributed by atoms with E-state index in [1.165, 1.54) is 12.8 Å². The van der Waals surface area contributed by atoms with Crippen LogP contribution in [0, 0.1) is 0 Å². The maximum absolute atomic E-state index is 12.4. The van der Waals surface area contributed by atoms with Gasteiger partial charge in [-0.25, -0.2) is 0 Å². The van der Waals surface area contributed by atoms with Crippen LogP contribution in [0.15, 0.2) is 24.5 Å². The largest absolute Gasteiger partial charge is 0.335 e. The SMILES string of the molecule is O=C(c1ccncc1)N(CCBr)C1CCCC1. The molecule has 1 fully saturated rings. The minimum atomic E-state index is 0.138. The lowest BCUT2D eigenvalue weighted by Gasteiger charge is -2.28. The van der Waals surface area contributed by atoms with Crippen LogP contribution in [0.1, 0.15) is 36.0 Å². The lowest BCUT2D eigenvalue weighted by molar-refractivity contribution is 0.0696. The summed E-state index contributed by atoms with van der Waals surface area (Å²) in [5.74, 6) is 0.138. The fraction of sp³-hybridized carbons (Fsp3) is 0.538. The molecule has 0 spiro atoms. The van der Waals surface area contributed by atoms with Crippen LogP contribution in [0.4, 0.5) is 0 Å². The predicted octanol–water partition coefficient (Wildman–Crippen LogP) is 2.86. The van der Waals surface area contributed by atoms with Gasteiger partial charge >= 0.3 is 0 Å². The van der Waals surface area contributed by atoms with Crippen molar-refractivity contribution in [2.45, 2.75) is 31.7 Å². The monoisotopic (exact) mass is 296 g/mol. The van der Waals surface area contributed by atoms with E-state index >= 15 is 0 Å². The molecule has 1 aliphatic rings. The van der Waals surface area contributed by atoms with Crippen molar-refractivity contribution in [2.24, 2.45) is 0 Å². The van der Waals surface area contributed by atoms with E-state index in [0.717, 1.165) is 30.3 Å². The molecule has 1 saturated carbocycles. The summed E-state index contributed by atoms with van der Waals surface area (Å²) in [6, 6.07) is 4.00. The van der Waals surface area contributed by atoms with Crippen molar-refractivity contribution in [2.75, 3.05) is 11.9 Å². The fourth-order valence-corrected chi connectivity index (χ4v) is 2.80. The average Bonchev–Trinajstić information content (AvgIpc) is 2.90. The van der Waals surface area contributed by atoms with Crippen LogP contribution in [0.2, 0.25) is 0 Å². The topological polar surface area (TPSA) is 33.2 Å². The summed E-state index contributed by atoms with van der Waals surface area (Å²) in [6.07, 6.45) is 8.12. The first-order valence-corrected chi connectivity index (χ1v) is 7.22. The van der Waals surface area contributed by atoms with E-state index in [-0.39, 0.29) is 5.91 Å². The Kier molecular flexibility index (Phi) is 4.54. The predicted molar refractivity (Wildman–Crippen MR) is 71.3 cm³/mol. The summed E-state index contributed by atoms with van der Waals surface area (Å²) < 4.78 is 0. The van der Waals surface area contributed by atoms with Crippen molar-refractivity contribution in [3.63, 3.8) is 0 Å². The van der Waals surface area contributed by atoms with Crippen LogP contribution in [-0.2, 0) is 0 Å². The molecule has 1 amide bonds. The first-order chi connectivity index (χ1) is 8.33. The van der Waals surface area contributed by atoms with Gasteiger partial charge in [-0.15, -0.1) is 0 Å². The van der Waals surface area contributed by atoms with E-state index in [9.17, 15) is 4.79 Å². The Balaban J connectivity index is 2.12. The van der Waals surface area contributed by atoms with Gasteiger partial charge in [-0.05, 0) is 25.0 Å². The van der Waals surface area contributed by atoms with Gasteiger partial charge in [0.1, 0.15) is 0 Å². The number of pyridine rings is 1. The third-order valence-corrected chi connectivity index (χ3v) is 3.63. The van der Waals surface area contributed by atoms with Gasteiger partial charge in [0.05, 0.1) is 0 Å². The summed E-state index contributed by atoms with van der Waals surface area (Å²) in [5, 5.41) is 0.834. The summed E-state index contributed by atoms with van der Waals surface area (Å²) in [6.45, 7) is 0.784. The van der Waals surface area contributed by atoms with Gasteiger partial charge in [-0.3, -0.25) is 9.78 Å². The quantitative estimate of drug-likeness (QED) is 0.801. The molecule has 0 bridgehead atoms. The first-order valence-electron chi connectivity index (χ1n) is 6.10. The van der Waals surface area contributed by atoms with Crippen molar-refractivity contribution in [3.05, 3.63) is 30.1 Å². The maximum atomic E-state index is 12.4. The number of alkyl halides is 1. The third-order valence-electron chi connectivity index (χ3n) is 3.28. The highest BCUT2D eigenvalue weighted by atomic mass is 79.9. The molecule has 1 heterocycles. The van der Waals surface area contributed by atoms with E-state index < -0.39 is 0 Å². The van der Waals surface area contributed by atoms with Crippen molar-refractivity contribution >= 4 is 21.8 Å². The smallest absolute Gasteiger partial charge is 0.254 e. The molecule has 17 heavy (non-hydrogen) atoms. The Morgan fingerprint density at radius 2 is 2.00 bits per heavy atom. The van der Waals surface area contributed by atoms with Crippen molar-refractivity contribution in [1.82, 2.24) is 9.88 Å². The van der Waals surface area contributed by atoms with E-state index in [2.05, 4.69) is 20.9 Å². The fourth-order valence-electron chi connectivity index (χ4n) is 2.42. The molecule has 92 valence electrons. The van der Waals surface area contributed by atoms with Crippen molar-refractivity contribution < 1.29 is 4.79 Å². The van der Waals surface area contributed by atoms with Crippen LogP contribution in [0.3, 0.4) is 0 Å². The number of carbonyl (C=O) groups excluding carboxylic acids is 1. The van der Waals surface area contributed by atoms with E-state index in [0.29, 0.717) is 6.04 Å². The minimum Gasteiger partial charge on any atom is -0.335 e. The molecule has 0 N–H and O–H groups in total. The molecule has 0 atom stereocenters. The highest BCUT2D eigenvalue weighted by molar-refractivity contribution is 9.09. The lowest BCUT2D eigenvalue weighted by Crippen LogP contribution is -2.40. The van der Waals surface area contributed by atoms with Crippen molar-refractivity contribution in [1.29, 1.82) is 0 Å². The molecular formula is C13H17BrN2O. The van der Waals surface area contributed by atoms with Crippen LogP contribution >= 0.6 is 15.9 Å². The van der Waals surface area contributed by atoms with E-state index in [1.54, 1.807) is 24.5 Å². The third kappa shape index (κ3) is 3.06. The molecule has 1 aliphatic carbocycles. The summed E-state index contributed by atoms with van der Waals surface area (Å²) in [5.41, 5.74) is 0.743. The molecule has 0 unspecified atom stereocenters. The van der Waals surface area contributed by atoms with Gasteiger partial charge in [0, 0.05) is 35.9 Å². The molecule has 3 nitrogen and oxygen atoms in total. The lowest BCUT2D eigenvalue weighted by atomic mass is 10.1. The van der Waals surface area contributed by atoms with Crippen LogP contribution in [0.5, 0.6) is 0 Å². The Bertz CT molecular complexity index is 363. The Morgan fingerprint density at radius 1 is 1.35 bits per heavy atom. The Hall–Kier alpha value is -0.900. The number of carbonyl (C=O) groups is 1. The second kappa shape index (κ2) is 6.15. The maximum Gasteiger partial charge on any atom is 0.254 e. The minimum absolute atomic E-state index is 0.138. The Morgan fingerprint density at radius 3 is 2.59 bits per heavy atom. The number of halogens is 1. The molecule has 0 aliphatic heterocycles. The van der Waals surface area contributed by atoms with E-state index in [4.69, 9.17) is 0 Å². The van der Waals surface area contributed by atoms with Gasteiger partial charge in [0.15, 0.2) is 0 Å². The zero-order valence-corrected chi connectivity index (χ0v) is 11.4. The van der Waals surface area contributed by atoms with Crippen LogP contribution in [0.25, 0.3) is 0 Å². The number of rotatable bonds is 4. The first kappa shape index (κ1) is 12.6. The van der Waals surface area contributed by atoms with Gasteiger partial charge < -0.3 is 4.90 Å².